The van der Waals surface area contributed by atoms with E-state index in [1.54, 1.807) is 7.11 Å². The molecule has 0 aromatic heterocycles. The number of methoxy groups -OCH3 is 1. The summed E-state index contributed by atoms with van der Waals surface area (Å²) in [6.45, 7) is 75.9. The van der Waals surface area contributed by atoms with Crippen LogP contribution in [0.15, 0.2) is 0 Å². The number of esters is 10. The first-order valence-corrected chi connectivity index (χ1v) is 54.2. The lowest BCUT2D eigenvalue weighted by atomic mass is 9.67. The monoisotopic (exact) mass is 2110 g/mol. The van der Waals surface area contributed by atoms with Crippen LogP contribution in [0.4, 0.5) is 0 Å². The molecule has 0 atom stereocenters. The number of carbonyl (C=O) groups is 10. The molecule has 0 N–H and O–H groups in total. The molecule has 0 saturated heterocycles. The van der Waals surface area contributed by atoms with Gasteiger partial charge in [-0.1, -0.05) is 196 Å². The fourth-order valence-electron chi connectivity index (χ4n) is 18.7. The van der Waals surface area contributed by atoms with Gasteiger partial charge in [0, 0.05) is 72.6 Å². The molecular weight excluding hydrogens is 1870 g/mol. The van der Waals surface area contributed by atoms with Gasteiger partial charge in [-0.15, -0.1) is 0 Å². The van der Waals surface area contributed by atoms with E-state index < -0.39 is 66.8 Å². The van der Waals surface area contributed by atoms with Crippen molar-refractivity contribution in [3.63, 3.8) is 0 Å². The molecule has 147 heavy (non-hydrogen) atoms. The van der Waals surface area contributed by atoms with Crippen LogP contribution in [0.2, 0.25) is 0 Å². The Morgan fingerprint density at radius 3 is 0.537 bits per heavy atom. The van der Waals surface area contributed by atoms with Crippen LogP contribution in [0.3, 0.4) is 0 Å². The van der Waals surface area contributed by atoms with Crippen molar-refractivity contribution < 1.29 is 124 Å². The maximum absolute atomic E-state index is 12.6. The number of carbonyl (C=O) groups excluding carboxylic acids is 10. The second kappa shape index (κ2) is 69.4. The number of ether oxygens (including phenoxy) is 16. The predicted octanol–water partition coefficient (Wildman–Crippen LogP) is 30.2. The minimum Gasteiger partial charge on any atom is -0.465 e. The Labute approximate surface area is 902 Å². The molecule has 6 fully saturated rings. The van der Waals surface area contributed by atoms with E-state index in [9.17, 15) is 47.9 Å². The van der Waals surface area contributed by atoms with Crippen molar-refractivity contribution in [2.45, 2.75) is 553 Å². The van der Waals surface area contributed by atoms with Crippen molar-refractivity contribution >= 4 is 59.7 Å². The Balaban J connectivity index is -0.000000318. The number of hydrogen-bond acceptors (Lipinski definition) is 26. The van der Waals surface area contributed by atoms with Crippen LogP contribution in [-0.4, -0.2) is 200 Å². The van der Waals surface area contributed by atoms with E-state index in [0.29, 0.717) is 98.4 Å². The van der Waals surface area contributed by atoms with Crippen LogP contribution in [-0.2, 0) is 124 Å². The van der Waals surface area contributed by atoms with Crippen molar-refractivity contribution in [3.8, 4) is 0 Å². The molecule has 6 saturated carbocycles. The first-order valence-electron chi connectivity index (χ1n) is 54.2. The third-order valence-electron chi connectivity index (χ3n) is 32.6. The van der Waals surface area contributed by atoms with Crippen LogP contribution in [0.1, 0.15) is 519 Å². The van der Waals surface area contributed by atoms with Crippen molar-refractivity contribution in [3.05, 3.63) is 0 Å². The zero-order valence-electron chi connectivity index (χ0n) is 96.0. The van der Waals surface area contributed by atoms with Crippen LogP contribution < -0.4 is 0 Å². The average Bonchev–Trinajstić information content (AvgIpc) is 1.72. The van der Waals surface area contributed by atoms with E-state index in [1.165, 1.54) is 12.8 Å². The van der Waals surface area contributed by atoms with Gasteiger partial charge in [0.2, 0.25) is 0 Å². The largest absolute Gasteiger partial charge is 0.465 e. The first-order chi connectivity index (χ1) is 64.8. The number of rotatable bonds is 51. The van der Waals surface area contributed by atoms with Gasteiger partial charge >= 0.3 is 59.7 Å². The van der Waals surface area contributed by atoms with Crippen molar-refractivity contribution in [2.75, 3.05) is 106 Å². The van der Waals surface area contributed by atoms with Gasteiger partial charge in [0.05, 0.1) is 85.0 Å². The lowest BCUT2D eigenvalue weighted by Crippen LogP contribution is -2.53. The molecule has 876 valence electrons. The molecule has 0 bridgehead atoms. The van der Waals surface area contributed by atoms with Crippen LogP contribution >= 0.6 is 0 Å². The second-order valence-electron chi connectivity index (χ2n) is 48.2. The Hall–Kier alpha value is -5.54. The summed E-state index contributed by atoms with van der Waals surface area (Å²) < 4.78 is 90.4. The molecule has 6 aliphatic rings. The van der Waals surface area contributed by atoms with Crippen LogP contribution in [0.5, 0.6) is 0 Å². The summed E-state index contributed by atoms with van der Waals surface area (Å²) in [6.07, 6.45) is 31.5. The minimum absolute atomic E-state index is 0. The van der Waals surface area contributed by atoms with Crippen molar-refractivity contribution in [1.82, 2.24) is 0 Å². The van der Waals surface area contributed by atoms with E-state index in [0.717, 1.165) is 173 Å². The minimum atomic E-state index is -0.586. The molecule has 0 spiro atoms. The summed E-state index contributed by atoms with van der Waals surface area (Å²) in [6, 6.07) is 0. The van der Waals surface area contributed by atoms with Gasteiger partial charge in [0.1, 0.15) is 46.8 Å². The summed E-state index contributed by atoms with van der Waals surface area (Å²) in [5, 5.41) is 0. The van der Waals surface area contributed by atoms with Crippen LogP contribution in [0.25, 0.3) is 0 Å². The van der Waals surface area contributed by atoms with E-state index in [1.807, 2.05) is 159 Å². The van der Waals surface area contributed by atoms with Gasteiger partial charge in [-0.25, -0.2) is 9.59 Å². The fraction of sp³-hybridized carbons (Fsp3) is 0.917. The smallest absolute Gasteiger partial charge is 0.344 e. The molecule has 6 rings (SSSR count). The van der Waals surface area contributed by atoms with Gasteiger partial charge in [-0.3, -0.25) is 38.4 Å². The summed E-state index contributed by atoms with van der Waals surface area (Å²) in [5.41, 5.74) is -7.15. The fourth-order valence-corrected chi connectivity index (χ4v) is 18.7. The molecule has 0 radical (unpaired) electrons. The average molecular weight is 2110 g/mol. The predicted molar refractivity (Wildman–Crippen MR) is 599 cm³/mol. The van der Waals surface area contributed by atoms with Crippen molar-refractivity contribution in [2.24, 2.45) is 65.0 Å². The summed E-state index contributed by atoms with van der Waals surface area (Å²) in [5.74, 6) is -2.92. The van der Waals surface area contributed by atoms with E-state index in [2.05, 4.69) is 83.1 Å². The van der Waals surface area contributed by atoms with Gasteiger partial charge < -0.3 is 75.8 Å². The molecule has 6 aliphatic carbocycles. The molecule has 0 heterocycles. The first kappa shape index (κ1) is 154. The van der Waals surface area contributed by atoms with E-state index in [4.69, 9.17) is 75.8 Å². The molecule has 0 aromatic carbocycles. The zero-order valence-corrected chi connectivity index (χ0v) is 96.0. The topological polar surface area (TPSA) is 318 Å². The highest BCUT2D eigenvalue weighted by Crippen LogP contribution is 2.54. The maximum Gasteiger partial charge on any atom is 0.344 e. The lowest BCUT2D eigenvalue weighted by Gasteiger charge is -2.49. The molecule has 26 heteroatoms. The molecule has 0 aliphatic heterocycles. The third-order valence-corrected chi connectivity index (χ3v) is 32.6. The van der Waals surface area contributed by atoms with Crippen molar-refractivity contribution in [1.29, 1.82) is 0 Å². The highest BCUT2D eigenvalue weighted by molar-refractivity contribution is 5.82. The number of hydrogen-bond donors (Lipinski definition) is 0. The Bertz CT molecular complexity index is 3640. The zero-order chi connectivity index (χ0) is 107. The molecule has 0 amide bonds. The second-order valence-corrected chi connectivity index (χ2v) is 48.2. The molecule has 0 aromatic rings. The molecule has 26 nitrogen and oxygen atoms in total. The maximum atomic E-state index is 12.6. The summed E-state index contributed by atoms with van der Waals surface area (Å²) in [7, 11) is 1.68. The highest BCUT2D eigenvalue weighted by Gasteiger charge is 2.57. The third kappa shape index (κ3) is 46.6. The van der Waals surface area contributed by atoms with E-state index >= 15 is 0 Å². The van der Waals surface area contributed by atoms with Gasteiger partial charge in [0.25, 0.3) is 0 Å². The lowest BCUT2D eigenvalue weighted by molar-refractivity contribution is -0.198. The summed E-state index contributed by atoms with van der Waals surface area (Å²) >= 11 is 0. The standard InChI is InChI=1S/3C20H36O5.C19H34O5.C18H34O3.C17H32O3.7CH4/c1-7-18(2,3)17(22)24-14-11-16(21)25-20(12-9-8-10-13-20)19(4,5)15-23-6;1-7-18(3,4)17(22)24-14-11-16(21)25-20(12-9-10-13-20)19(5,6)15-23-8-2;1-7-18(3,4)17(22)24-14-16(21)25-20(12-10-9-11-13-20)19(5,6)15-23-8-2;1-7-17(3,4)16(21)23-13-15(20)24-19(11-9-10-12-19)18(5,6)14-22-8-2;1-7-16(3,4)15(19)21-18(12-10-9-11-13-18)17(5,6)14-20-8-2;1-7-15(3,4)14(18)20-17(11-9-10-12-17)16(5,6)13-19-8-2;;;;;;;/h3*7-15H2,1-6H3;7-14H2,1-6H3;7-14H2,1-6H3;7-13H2,1-6H3;7*1H4. The SMILES string of the molecule is C.C.C.C.C.C.C.CCC(C)(C)C(=O)OCCC(=O)OC1(C(C)(C)COC)CCCCC1.CCOCC(C)(C)C1(OC(=O)C(C)(C)CC)CCCC1.CCOCC(C)(C)C1(OC(=O)C(C)(C)CC)CCCCC1.CCOCC(C)(C)C1(OC(=O)CCOC(=O)C(C)(C)CC)CCCC1.CCOCC(C)(C)C1(OC(=O)COC(=O)C(C)(C)CC)CCCC1.CCOCC(C)(C)C1(OC(=O)COC(=O)C(C)(C)CC)CCCCC1. The molecular formula is C121H236O26. The molecule has 0 unspecified atom stereocenters. The Kier molecular flexibility index (Phi) is 72.8. The Morgan fingerprint density at radius 1 is 0.204 bits per heavy atom. The normalized spacial score (nSPS) is 17.3. The van der Waals surface area contributed by atoms with Gasteiger partial charge in [-0.2, -0.15) is 0 Å². The van der Waals surface area contributed by atoms with E-state index in [-0.39, 0.29) is 183 Å². The quantitative estimate of drug-likeness (QED) is 0.0403. The van der Waals surface area contributed by atoms with Crippen LogP contribution in [0, 0.1) is 65.0 Å². The Morgan fingerprint density at radius 2 is 0.361 bits per heavy atom. The summed E-state index contributed by atoms with van der Waals surface area (Å²) in [4.78, 5) is 123. The highest BCUT2D eigenvalue weighted by atomic mass is 16.6. The van der Waals surface area contributed by atoms with Gasteiger partial charge in [0.15, 0.2) is 13.2 Å². The van der Waals surface area contributed by atoms with Gasteiger partial charge in [-0.05, 0) is 310 Å².